The Morgan fingerprint density at radius 1 is 1.29 bits per heavy atom. The van der Waals surface area contributed by atoms with Crippen LogP contribution in [0.4, 0.5) is 0 Å². The smallest absolute Gasteiger partial charge is 0.119 e. The summed E-state index contributed by atoms with van der Waals surface area (Å²) in [6, 6.07) is 6.14. The SMILES string of the molecule is COC(CCN)c1cc(OCC2CCCCC2)ccc1Br. The summed E-state index contributed by atoms with van der Waals surface area (Å²) in [5.41, 5.74) is 6.77. The monoisotopic (exact) mass is 355 g/mol. The van der Waals surface area contributed by atoms with Gasteiger partial charge in [0, 0.05) is 11.6 Å². The second-order valence-electron chi connectivity index (χ2n) is 5.80. The van der Waals surface area contributed by atoms with Crippen molar-refractivity contribution in [2.24, 2.45) is 11.7 Å². The van der Waals surface area contributed by atoms with E-state index in [1.165, 1.54) is 32.1 Å². The molecule has 1 aromatic carbocycles. The van der Waals surface area contributed by atoms with E-state index in [1.807, 2.05) is 12.1 Å². The molecule has 1 atom stereocenters. The standard InChI is InChI=1S/C17H26BrNO2/c1-20-17(9-10-19)15-11-14(7-8-16(15)18)21-12-13-5-3-2-4-6-13/h7-8,11,13,17H,2-6,9-10,12,19H2,1H3. The van der Waals surface area contributed by atoms with Crippen molar-refractivity contribution >= 4 is 15.9 Å². The first-order chi connectivity index (χ1) is 10.2. The van der Waals surface area contributed by atoms with Gasteiger partial charge >= 0.3 is 0 Å². The lowest BCUT2D eigenvalue weighted by atomic mass is 9.90. The molecule has 1 aliphatic rings. The van der Waals surface area contributed by atoms with Crippen LogP contribution >= 0.6 is 15.9 Å². The lowest BCUT2D eigenvalue weighted by Crippen LogP contribution is -2.15. The van der Waals surface area contributed by atoms with E-state index < -0.39 is 0 Å². The van der Waals surface area contributed by atoms with E-state index in [1.54, 1.807) is 7.11 Å². The van der Waals surface area contributed by atoms with Gasteiger partial charge in [-0.1, -0.05) is 35.2 Å². The van der Waals surface area contributed by atoms with Gasteiger partial charge in [-0.05, 0) is 55.5 Å². The molecule has 0 saturated heterocycles. The summed E-state index contributed by atoms with van der Waals surface area (Å²) in [7, 11) is 1.72. The number of hydrogen-bond donors (Lipinski definition) is 1. The van der Waals surface area contributed by atoms with Crippen LogP contribution in [0.25, 0.3) is 0 Å². The molecule has 1 aliphatic carbocycles. The maximum atomic E-state index is 6.01. The molecular formula is C17H26BrNO2. The normalized spacial score (nSPS) is 17.7. The fourth-order valence-corrected chi connectivity index (χ4v) is 3.48. The number of nitrogens with two attached hydrogens (primary N) is 1. The van der Waals surface area contributed by atoms with Gasteiger partial charge < -0.3 is 15.2 Å². The number of benzene rings is 1. The van der Waals surface area contributed by atoms with Crippen molar-refractivity contribution in [1.82, 2.24) is 0 Å². The average Bonchev–Trinajstić information content (AvgIpc) is 2.53. The maximum Gasteiger partial charge on any atom is 0.119 e. The zero-order valence-electron chi connectivity index (χ0n) is 12.8. The zero-order valence-corrected chi connectivity index (χ0v) is 14.4. The van der Waals surface area contributed by atoms with Gasteiger partial charge in [0.2, 0.25) is 0 Å². The van der Waals surface area contributed by atoms with Gasteiger partial charge in [0.1, 0.15) is 5.75 Å². The van der Waals surface area contributed by atoms with E-state index in [0.717, 1.165) is 28.8 Å². The van der Waals surface area contributed by atoms with Gasteiger partial charge in [0.05, 0.1) is 12.7 Å². The molecule has 118 valence electrons. The summed E-state index contributed by atoms with van der Waals surface area (Å²) >= 11 is 3.59. The van der Waals surface area contributed by atoms with Crippen molar-refractivity contribution in [3.63, 3.8) is 0 Å². The van der Waals surface area contributed by atoms with Gasteiger partial charge in [-0.3, -0.25) is 0 Å². The Balaban J connectivity index is 1.99. The van der Waals surface area contributed by atoms with Crippen LogP contribution in [0.1, 0.15) is 50.2 Å². The molecule has 1 saturated carbocycles. The first-order valence-corrected chi connectivity index (χ1v) is 8.69. The minimum atomic E-state index is 0.0163. The molecule has 2 N–H and O–H groups in total. The Morgan fingerprint density at radius 2 is 2.05 bits per heavy atom. The van der Waals surface area contributed by atoms with Crippen LogP contribution < -0.4 is 10.5 Å². The lowest BCUT2D eigenvalue weighted by Gasteiger charge is -2.22. The van der Waals surface area contributed by atoms with Crippen LogP contribution in [0.5, 0.6) is 5.75 Å². The van der Waals surface area contributed by atoms with Crippen molar-refractivity contribution in [1.29, 1.82) is 0 Å². The molecule has 1 aromatic rings. The van der Waals surface area contributed by atoms with Crippen molar-refractivity contribution in [3.05, 3.63) is 28.2 Å². The molecule has 4 heteroatoms. The van der Waals surface area contributed by atoms with Gasteiger partial charge in [-0.15, -0.1) is 0 Å². The Kier molecular flexibility index (Phi) is 7.00. The van der Waals surface area contributed by atoms with Gasteiger partial charge in [-0.2, -0.15) is 0 Å². The van der Waals surface area contributed by atoms with Crippen molar-refractivity contribution in [2.75, 3.05) is 20.3 Å². The third-order valence-corrected chi connectivity index (χ3v) is 4.96. The molecule has 0 radical (unpaired) electrons. The molecule has 1 fully saturated rings. The Hall–Kier alpha value is -0.580. The summed E-state index contributed by atoms with van der Waals surface area (Å²) < 4.78 is 12.6. The van der Waals surface area contributed by atoms with Crippen LogP contribution in [0.2, 0.25) is 0 Å². The molecule has 0 spiro atoms. The predicted octanol–water partition coefficient (Wildman–Crippen LogP) is 4.44. The van der Waals surface area contributed by atoms with Crippen LogP contribution in [-0.4, -0.2) is 20.3 Å². The highest BCUT2D eigenvalue weighted by Gasteiger charge is 2.16. The molecule has 2 rings (SSSR count). The molecule has 1 unspecified atom stereocenters. The van der Waals surface area contributed by atoms with Crippen LogP contribution in [0.15, 0.2) is 22.7 Å². The maximum absolute atomic E-state index is 6.01. The van der Waals surface area contributed by atoms with Crippen LogP contribution in [0, 0.1) is 5.92 Å². The lowest BCUT2D eigenvalue weighted by molar-refractivity contribution is 0.0968. The van der Waals surface area contributed by atoms with E-state index in [-0.39, 0.29) is 6.10 Å². The van der Waals surface area contributed by atoms with Gasteiger partial charge in [-0.25, -0.2) is 0 Å². The second-order valence-corrected chi connectivity index (χ2v) is 6.65. The zero-order chi connectivity index (χ0) is 15.1. The number of rotatable bonds is 7. The topological polar surface area (TPSA) is 44.5 Å². The van der Waals surface area contributed by atoms with E-state index in [0.29, 0.717) is 12.5 Å². The van der Waals surface area contributed by atoms with Gasteiger partial charge in [0.25, 0.3) is 0 Å². The summed E-state index contributed by atoms with van der Waals surface area (Å²) in [5, 5.41) is 0. The molecule has 0 amide bonds. The highest BCUT2D eigenvalue weighted by Crippen LogP contribution is 2.32. The molecule has 21 heavy (non-hydrogen) atoms. The number of ether oxygens (including phenoxy) is 2. The fraction of sp³-hybridized carbons (Fsp3) is 0.647. The van der Waals surface area contributed by atoms with Crippen molar-refractivity contribution in [2.45, 2.75) is 44.6 Å². The number of methoxy groups -OCH3 is 1. The van der Waals surface area contributed by atoms with Gasteiger partial charge in [0.15, 0.2) is 0 Å². The summed E-state index contributed by atoms with van der Waals surface area (Å²) in [6.07, 6.45) is 7.51. The minimum Gasteiger partial charge on any atom is -0.493 e. The quantitative estimate of drug-likeness (QED) is 0.785. The van der Waals surface area contributed by atoms with Crippen molar-refractivity contribution < 1.29 is 9.47 Å². The van der Waals surface area contributed by atoms with Crippen LogP contribution in [0.3, 0.4) is 0 Å². The summed E-state index contributed by atoms with van der Waals surface area (Å²) in [6.45, 7) is 1.44. The first-order valence-electron chi connectivity index (χ1n) is 7.89. The Morgan fingerprint density at radius 3 is 2.71 bits per heavy atom. The first kappa shape index (κ1) is 16.8. The van der Waals surface area contributed by atoms with E-state index in [4.69, 9.17) is 15.2 Å². The molecular weight excluding hydrogens is 330 g/mol. The number of halogens is 1. The Bertz CT molecular complexity index is 433. The fourth-order valence-electron chi connectivity index (χ4n) is 2.98. The van der Waals surface area contributed by atoms with E-state index in [2.05, 4.69) is 22.0 Å². The molecule has 3 nitrogen and oxygen atoms in total. The predicted molar refractivity (Wildman–Crippen MR) is 89.6 cm³/mol. The third-order valence-electron chi connectivity index (χ3n) is 4.24. The number of hydrogen-bond acceptors (Lipinski definition) is 3. The summed E-state index contributed by atoms with van der Waals surface area (Å²) in [4.78, 5) is 0. The third kappa shape index (κ3) is 4.97. The molecule has 0 aliphatic heterocycles. The molecule has 0 aromatic heterocycles. The summed E-state index contributed by atoms with van der Waals surface area (Å²) in [5.74, 6) is 1.64. The highest BCUT2D eigenvalue weighted by molar-refractivity contribution is 9.10. The van der Waals surface area contributed by atoms with E-state index >= 15 is 0 Å². The van der Waals surface area contributed by atoms with E-state index in [9.17, 15) is 0 Å². The van der Waals surface area contributed by atoms with Crippen molar-refractivity contribution in [3.8, 4) is 5.75 Å². The highest BCUT2D eigenvalue weighted by atomic mass is 79.9. The minimum absolute atomic E-state index is 0.0163. The molecule has 0 heterocycles. The average molecular weight is 356 g/mol. The second kappa shape index (κ2) is 8.76. The molecule has 0 bridgehead atoms. The Labute approximate surface area is 136 Å². The van der Waals surface area contributed by atoms with Crippen LogP contribution in [-0.2, 0) is 4.74 Å². The largest absolute Gasteiger partial charge is 0.493 e.